The van der Waals surface area contributed by atoms with Gasteiger partial charge in [-0.3, -0.25) is 10.4 Å². The van der Waals surface area contributed by atoms with E-state index in [0.717, 1.165) is 22.7 Å². The number of hydrogen-bond acceptors (Lipinski definition) is 3. The molecule has 3 rings (SSSR count). The van der Waals surface area contributed by atoms with Gasteiger partial charge in [-0.25, -0.2) is 0 Å². The fraction of sp³-hybridized carbons (Fsp3) is 0.182. The number of hydrazone groups is 1. The van der Waals surface area contributed by atoms with E-state index in [-0.39, 0.29) is 5.41 Å². The molecule has 0 saturated carbocycles. The molecular weight excluding hydrogens is 306 g/mol. The third-order valence-corrected chi connectivity index (χ3v) is 4.00. The number of hydrogen-bond donors (Lipinski definition) is 1. The third-order valence-electron chi connectivity index (χ3n) is 4.00. The van der Waals surface area contributed by atoms with E-state index in [9.17, 15) is 0 Å². The van der Waals surface area contributed by atoms with Crippen LogP contribution in [0.15, 0.2) is 84.1 Å². The van der Waals surface area contributed by atoms with Gasteiger partial charge in [0.05, 0.1) is 11.4 Å². The minimum absolute atomic E-state index is 0.144. The van der Waals surface area contributed by atoms with Crippen LogP contribution >= 0.6 is 0 Å². The zero-order chi connectivity index (χ0) is 17.7. The van der Waals surface area contributed by atoms with E-state index in [4.69, 9.17) is 0 Å². The molecule has 1 aromatic heterocycles. The van der Waals surface area contributed by atoms with Gasteiger partial charge in [0.25, 0.3) is 0 Å². The summed E-state index contributed by atoms with van der Waals surface area (Å²) in [4.78, 5) is 4.44. The lowest BCUT2D eigenvalue weighted by Crippen LogP contribution is -2.11. The van der Waals surface area contributed by atoms with Crippen LogP contribution in [-0.4, -0.2) is 10.7 Å². The van der Waals surface area contributed by atoms with Gasteiger partial charge in [-0.2, -0.15) is 5.10 Å². The molecule has 0 spiro atoms. The molecule has 2 aromatic carbocycles. The number of nitrogens with one attached hydrogen (secondary N) is 1. The number of pyridine rings is 1. The molecule has 0 aliphatic rings. The van der Waals surface area contributed by atoms with Crippen molar-refractivity contribution in [3.63, 3.8) is 0 Å². The summed E-state index contributed by atoms with van der Waals surface area (Å²) >= 11 is 0. The first-order valence-corrected chi connectivity index (χ1v) is 8.45. The van der Waals surface area contributed by atoms with Gasteiger partial charge in [-0.05, 0) is 35.2 Å². The summed E-state index contributed by atoms with van der Waals surface area (Å²) in [5.74, 6) is 0. The van der Waals surface area contributed by atoms with Gasteiger partial charge in [0.15, 0.2) is 0 Å². The molecule has 0 aliphatic heterocycles. The third kappa shape index (κ3) is 4.32. The maximum absolute atomic E-state index is 4.63. The predicted octanol–water partition coefficient (Wildman–Crippen LogP) is 5.24. The molecule has 1 heterocycles. The molecule has 0 radical (unpaired) electrons. The van der Waals surface area contributed by atoms with Crippen molar-refractivity contribution in [2.24, 2.45) is 5.10 Å². The van der Waals surface area contributed by atoms with Crippen molar-refractivity contribution in [2.45, 2.75) is 26.2 Å². The predicted molar refractivity (Wildman–Crippen MR) is 105 cm³/mol. The average molecular weight is 329 g/mol. The van der Waals surface area contributed by atoms with E-state index < -0.39 is 0 Å². The van der Waals surface area contributed by atoms with Crippen molar-refractivity contribution in [3.8, 4) is 0 Å². The molecule has 0 atom stereocenters. The summed E-state index contributed by atoms with van der Waals surface area (Å²) < 4.78 is 0. The maximum Gasteiger partial charge on any atom is 0.116 e. The number of rotatable bonds is 4. The Labute approximate surface area is 149 Å². The van der Waals surface area contributed by atoms with Crippen LogP contribution < -0.4 is 5.43 Å². The largest absolute Gasteiger partial charge is 0.278 e. The second-order valence-corrected chi connectivity index (χ2v) is 6.98. The fourth-order valence-electron chi connectivity index (χ4n) is 2.53. The van der Waals surface area contributed by atoms with Gasteiger partial charge < -0.3 is 0 Å². The Morgan fingerprint density at radius 2 is 1.52 bits per heavy atom. The first-order chi connectivity index (χ1) is 12.0. The van der Waals surface area contributed by atoms with Gasteiger partial charge in [-0.1, -0.05) is 69.3 Å². The second kappa shape index (κ2) is 7.31. The Hall–Kier alpha value is -2.94. The van der Waals surface area contributed by atoms with Crippen LogP contribution in [-0.2, 0) is 5.41 Å². The Bertz CT molecular complexity index is 788. The highest BCUT2D eigenvalue weighted by molar-refractivity contribution is 6.11. The Morgan fingerprint density at radius 1 is 0.840 bits per heavy atom. The van der Waals surface area contributed by atoms with Crippen molar-refractivity contribution in [1.29, 1.82) is 0 Å². The molecule has 1 N–H and O–H groups in total. The minimum Gasteiger partial charge on any atom is -0.278 e. The summed E-state index contributed by atoms with van der Waals surface area (Å²) in [6, 6.07) is 24.3. The zero-order valence-electron chi connectivity index (χ0n) is 14.9. The molecule has 126 valence electrons. The summed E-state index contributed by atoms with van der Waals surface area (Å²) in [7, 11) is 0. The zero-order valence-corrected chi connectivity index (χ0v) is 14.9. The first-order valence-electron chi connectivity index (χ1n) is 8.45. The monoisotopic (exact) mass is 329 g/mol. The van der Waals surface area contributed by atoms with Crippen molar-refractivity contribution in [1.82, 2.24) is 4.98 Å². The Kier molecular flexibility index (Phi) is 4.94. The van der Waals surface area contributed by atoms with Gasteiger partial charge >= 0.3 is 0 Å². The van der Waals surface area contributed by atoms with E-state index in [1.54, 1.807) is 6.20 Å². The first kappa shape index (κ1) is 16.9. The molecule has 0 aliphatic carbocycles. The average Bonchev–Trinajstić information content (AvgIpc) is 2.63. The highest BCUT2D eigenvalue weighted by atomic mass is 15.3. The van der Waals surface area contributed by atoms with Crippen molar-refractivity contribution < 1.29 is 0 Å². The molecule has 25 heavy (non-hydrogen) atoms. The number of benzene rings is 2. The smallest absolute Gasteiger partial charge is 0.116 e. The van der Waals surface area contributed by atoms with Crippen LogP contribution in [0, 0.1) is 0 Å². The normalized spacial score (nSPS) is 12.0. The number of anilines is 1. The highest BCUT2D eigenvalue weighted by Crippen LogP contribution is 2.23. The Morgan fingerprint density at radius 3 is 2.12 bits per heavy atom. The lowest BCUT2D eigenvalue weighted by atomic mass is 9.87. The van der Waals surface area contributed by atoms with E-state index in [0.29, 0.717) is 0 Å². The molecule has 0 amide bonds. The van der Waals surface area contributed by atoms with Crippen LogP contribution in [0.5, 0.6) is 0 Å². The van der Waals surface area contributed by atoms with Crippen molar-refractivity contribution >= 4 is 11.4 Å². The summed E-state index contributed by atoms with van der Waals surface area (Å²) in [5, 5.41) is 4.63. The minimum atomic E-state index is 0.144. The summed E-state index contributed by atoms with van der Waals surface area (Å²) in [5.41, 5.74) is 8.26. The fourth-order valence-corrected chi connectivity index (χ4v) is 2.53. The molecule has 0 saturated heterocycles. The highest BCUT2D eigenvalue weighted by Gasteiger charge is 2.13. The van der Waals surface area contributed by atoms with Crippen molar-refractivity contribution in [3.05, 3.63) is 95.8 Å². The van der Waals surface area contributed by atoms with Gasteiger partial charge in [0.2, 0.25) is 0 Å². The van der Waals surface area contributed by atoms with E-state index in [1.807, 2.05) is 48.5 Å². The van der Waals surface area contributed by atoms with E-state index in [2.05, 4.69) is 60.5 Å². The SMILES string of the molecule is CC(C)(C)c1ccc(N/N=C(\c2ccccc2)c2ccccn2)cc1. The van der Waals surface area contributed by atoms with Crippen LogP contribution in [0.25, 0.3) is 0 Å². The number of nitrogens with zero attached hydrogens (tertiary/aromatic N) is 2. The van der Waals surface area contributed by atoms with Crippen molar-refractivity contribution in [2.75, 3.05) is 5.43 Å². The molecule has 3 nitrogen and oxygen atoms in total. The van der Waals surface area contributed by atoms with Crippen LogP contribution in [0.3, 0.4) is 0 Å². The standard InChI is InChI=1S/C22H23N3/c1-22(2,3)18-12-14-19(15-13-18)24-25-21(17-9-5-4-6-10-17)20-11-7-8-16-23-20/h4-16,24H,1-3H3/b25-21+. The van der Waals surface area contributed by atoms with Crippen LogP contribution in [0.2, 0.25) is 0 Å². The molecule has 0 bridgehead atoms. The molecule has 0 fully saturated rings. The van der Waals surface area contributed by atoms with Gasteiger partial charge in [0.1, 0.15) is 5.71 Å². The van der Waals surface area contributed by atoms with Gasteiger partial charge in [0, 0.05) is 11.8 Å². The lowest BCUT2D eigenvalue weighted by molar-refractivity contribution is 0.590. The quantitative estimate of drug-likeness (QED) is 0.525. The van der Waals surface area contributed by atoms with E-state index in [1.165, 1.54) is 5.56 Å². The molecule has 3 heteroatoms. The maximum atomic E-state index is 4.63. The molecule has 0 unspecified atom stereocenters. The van der Waals surface area contributed by atoms with Crippen LogP contribution in [0.4, 0.5) is 5.69 Å². The summed E-state index contributed by atoms with van der Waals surface area (Å²) in [6.07, 6.45) is 1.78. The second-order valence-electron chi connectivity index (χ2n) is 6.98. The summed E-state index contributed by atoms with van der Waals surface area (Å²) in [6.45, 7) is 6.63. The Balaban J connectivity index is 1.89. The van der Waals surface area contributed by atoms with Crippen LogP contribution in [0.1, 0.15) is 37.6 Å². The topological polar surface area (TPSA) is 37.3 Å². The molecular formula is C22H23N3. The van der Waals surface area contributed by atoms with E-state index >= 15 is 0 Å². The molecule has 3 aromatic rings. The lowest BCUT2D eigenvalue weighted by Gasteiger charge is -2.19. The van der Waals surface area contributed by atoms with Gasteiger partial charge in [-0.15, -0.1) is 0 Å². The number of aromatic nitrogens is 1.